The number of aromatic hydroxyl groups is 1. The van der Waals surface area contributed by atoms with Gasteiger partial charge in [-0.1, -0.05) is 6.07 Å². The molecule has 2 aromatic heterocycles. The van der Waals surface area contributed by atoms with Gasteiger partial charge in [0.05, 0.1) is 19.2 Å². The molecule has 0 unspecified atom stereocenters. The fourth-order valence-corrected chi connectivity index (χ4v) is 2.79. The molecule has 6 nitrogen and oxygen atoms in total. The molecule has 1 fully saturated rings. The summed E-state index contributed by atoms with van der Waals surface area (Å²) in [6, 6.07) is 10.8. The number of ketones is 1. The Kier molecular flexibility index (Phi) is 3.45. The van der Waals surface area contributed by atoms with Gasteiger partial charge in [0.2, 0.25) is 0 Å². The molecule has 0 saturated heterocycles. The van der Waals surface area contributed by atoms with Crippen LogP contribution in [0.3, 0.4) is 0 Å². The van der Waals surface area contributed by atoms with Crippen LogP contribution in [-0.2, 0) is 11.2 Å². The zero-order chi connectivity index (χ0) is 16.7. The first kappa shape index (κ1) is 14.7. The lowest BCUT2D eigenvalue weighted by atomic mass is 10.1. The molecule has 1 aromatic carbocycles. The molecule has 0 spiro atoms. The number of fused-ring (bicyclic) bond motifs is 1. The summed E-state index contributed by atoms with van der Waals surface area (Å²) in [4.78, 5) is 16.5. The van der Waals surface area contributed by atoms with Crippen molar-refractivity contribution < 1.29 is 14.6 Å². The van der Waals surface area contributed by atoms with Gasteiger partial charge < -0.3 is 9.84 Å². The fraction of sp³-hybridized carbons (Fsp3) is 0.278. The summed E-state index contributed by atoms with van der Waals surface area (Å²) in [5.41, 5.74) is 2.36. The molecular formula is C18H17N3O3. The first-order valence-corrected chi connectivity index (χ1v) is 7.90. The van der Waals surface area contributed by atoms with Crippen LogP contribution >= 0.6 is 0 Å². The molecule has 3 aromatic rings. The molecule has 1 aliphatic carbocycles. The Hall–Kier alpha value is -2.89. The maximum atomic E-state index is 12.0. The zero-order valence-electron chi connectivity index (χ0n) is 13.3. The van der Waals surface area contributed by atoms with Crippen molar-refractivity contribution in [2.24, 2.45) is 5.92 Å². The Morgan fingerprint density at radius 2 is 2.17 bits per heavy atom. The molecule has 122 valence electrons. The summed E-state index contributed by atoms with van der Waals surface area (Å²) in [7, 11) is 1.51. The van der Waals surface area contributed by atoms with E-state index in [0.29, 0.717) is 17.2 Å². The molecule has 1 aliphatic rings. The third-order valence-corrected chi connectivity index (χ3v) is 4.24. The number of ether oxygens (including phenoxy) is 1. The van der Waals surface area contributed by atoms with E-state index in [0.717, 1.165) is 24.1 Å². The number of nitrogens with zero attached hydrogens (tertiary/aromatic N) is 3. The van der Waals surface area contributed by atoms with Crippen molar-refractivity contribution in [1.82, 2.24) is 14.6 Å². The summed E-state index contributed by atoms with van der Waals surface area (Å²) in [5, 5.41) is 14.3. The van der Waals surface area contributed by atoms with Crippen LogP contribution in [0.2, 0.25) is 0 Å². The average molecular weight is 323 g/mol. The maximum absolute atomic E-state index is 12.0. The molecule has 24 heavy (non-hydrogen) atoms. The lowest BCUT2D eigenvalue weighted by Crippen LogP contribution is -2.06. The molecule has 0 aliphatic heterocycles. The Balaban J connectivity index is 1.75. The SMILES string of the molecule is COc1cc(-c2cccc3nc(CC(=O)C4CC4)nn23)ccc1O. The molecule has 0 amide bonds. The predicted octanol–water partition coefficient (Wildman–Crippen LogP) is 2.63. The highest BCUT2D eigenvalue weighted by Gasteiger charge is 2.30. The number of hydrogen-bond donors (Lipinski definition) is 1. The van der Waals surface area contributed by atoms with Crippen molar-refractivity contribution in [2.45, 2.75) is 19.3 Å². The van der Waals surface area contributed by atoms with Crippen LogP contribution in [0.5, 0.6) is 11.5 Å². The van der Waals surface area contributed by atoms with Crippen molar-refractivity contribution in [3.63, 3.8) is 0 Å². The van der Waals surface area contributed by atoms with Gasteiger partial charge in [-0.2, -0.15) is 5.10 Å². The van der Waals surface area contributed by atoms with E-state index in [1.54, 1.807) is 22.7 Å². The van der Waals surface area contributed by atoms with Crippen LogP contribution in [0, 0.1) is 5.92 Å². The Morgan fingerprint density at radius 3 is 2.92 bits per heavy atom. The average Bonchev–Trinajstić information content (AvgIpc) is 3.35. The van der Waals surface area contributed by atoms with Crippen molar-refractivity contribution in [1.29, 1.82) is 0 Å². The largest absolute Gasteiger partial charge is 0.504 e. The predicted molar refractivity (Wildman–Crippen MR) is 88.1 cm³/mol. The van der Waals surface area contributed by atoms with E-state index < -0.39 is 0 Å². The standard InChI is InChI=1S/C18H17N3O3/c1-24-16-9-12(7-8-14(16)22)13-3-2-4-18-19-17(20-21(13)18)10-15(23)11-5-6-11/h2-4,7-9,11,22H,5-6,10H2,1H3. The third kappa shape index (κ3) is 2.60. The van der Waals surface area contributed by atoms with Crippen molar-refractivity contribution in [3.05, 3.63) is 42.2 Å². The minimum atomic E-state index is 0.0859. The van der Waals surface area contributed by atoms with E-state index >= 15 is 0 Å². The highest BCUT2D eigenvalue weighted by molar-refractivity contribution is 5.84. The minimum Gasteiger partial charge on any atom is -0.504 e. The lowest BCUT2D eigenvalue weighted by molar-refractivity contribution is -0.119. The van der Waals surface area contributed by atoms with Crippen molar-refractivity contribution in [3.8, 4) is 22.8 Å². The van der Waals surface area contributed by atoms with E-state index in [4.69, 9.17) is 4.74 Å². The van der Waals surface area contributed by atoms with E-state index in [9.17, 15) is 9.90 Å². The highest BCUT2D eigenvalue weighted by Crippen LogP contribution is 2.32. The Morgan fingerprint density at radius 1 is 1.33 bits per heavy atom. The van der Waals surface area contributed by atoms with Crippen molar-refractivity contribution >= 4 is 11.4 Å². The summed E-state index contributed by atoms with van der Waals surface area (Å²) < 4.78 is 6.89. The van der Waals surface area contributed by atoms with Gasteiger partial charge in [-0.15, -0.1) is 0 Å². The third-order valence-electron chi connectivity index (χ3n) is 4.24. The first-order valence-electron chi connectivity index (χ1n) is 7.90. The maximum Gasteiger partial charge on any atom is 0.161 e. The second-order valence-corrected chi connectivity index (χ2v) is 6.01. The normalized spacial score (nSPS) is 14.0. The van der Waals surface area contributed by atoms with Gasteiger partial charge in [-0.3, -0.25) is 4.79 Å². The van der Waals surface area contributed by atoms with Crippen LogP contribution in [-0.4, -0.2) is 32.6 Å². The molecule has 6 heteroatoms. The van der Waals surface area contributed by atoms with E-state index in [1.807, 2.05) is 18.2 Å². The van der Waals surface area contributed by atoms with Gasteiger partial charge in [-0.25, -0.2) is 9.50 Å². The van der Waals surface area contributed by atoms with Crippen molar-refractivity contribution in [2.75, 3.05) is 7.11 Å². The van der Waals surface area contributed by atoms with E-state index in [2.05, 4.69) is 10.1 Å². The molecule has 0 bridgehead atoms. The number of hydrogen-bond acceptors (Lipinski definition) is 5. The number of aromatic nitrogens is 3. The van der Waals surface area contributed by atoms with E-state index in [1.165, 1.54) is 7.11 Å². The zero-order valence-corrected chi connectivity index (χ0v) is 13.3. The number of pyridine rings is 1. The summed E-state index contributed by atoms with van der Waals surface area (Å²) in [6.07, 6.45) is 2.26. The Bertz CT molecular complexity index is 928. The molecule has 2 heterocycles. The summed E-state index contributed by atoms with van der Waals surface area (Å²) in [5.74, 6) is 1.46. The lowest BCUT2D eigenvalue weighted by Gasteiger charge is -2.08. The molecule has 1 N–H and O–H groups in total. The number of rotatable bonds is 5. The monoisotopic (exact) mass is 323 g/mol. The number of phenolic OH excluding ortho intramolecular Hbond substituents is 1. The van der Waals surface area contributed by atoms with Gasteiger partial charge in [-0.05, 0) is 43.2 Å². The van der Waals surface area contributed by atoms with Gasteiger partial charge in [0.15, 0.2) is 23.0 Å². The Labute approximate surface area is 138 Å². The molecule has 0 atom stereocenters. The van der Waals surface area contributed by atoms with Gasteiger partial charge >= 0.3 is 0 Å². The molecule has 1 saturated carbocycles. The molecule has 4 rings (SSSR count). The van der Waals surface area contributed by atoms with Gasteiger partial charge in [0, 0.05) is 11.5 Å². The number of Topliss-reactive ketones (excluding diaryl/α,β-unsaturated/α-hetero) is 1. The fourth-order valence-electron chi connectivity index (χ4n) is 2.79. The van der Waals surface area contributed by atoms with Gasteiger partial charge in [0.1, 0.15) is 5.78 Å². The number of methoxy groups -OCH3 is 1. The second-order valence-electron chi connectivity index (χ2n) is 6.01. The van der Waals surface area contributed by atoms with Crippen LogP contribution in [0.4, 0.5) is 0 Å². The number of benzene rings is 1. The second kappa shape index (κ2) is 5.63. The quantitative estimate of drug-likeness (QED) is 0.781. The minimum absolute atomic E-state index is 0.0859. The summed E-state index contributed by atoms with van der Waals surface area (Å²) >= 11 is 0. The smallest absolute Gasteiger partial charge is 0.161 e. The van der Waals surface area contributed by atoms with Crippen LogP contribution in [0.1, 0.15) is 18.7 Å². The topological polar surface area (TPSA) is 76.7 Å². The van der Waals surface area contributed by atoms with Crippen LogP contribution < -0.4 is 4.74 Å². The van der Waals surface area contributed by atoms with Crippen LogP contribution in [0.25, 0.3) is 16.9 Å². The molecular weight excluding hydrogens is 306 g/mol. The van der Waals surface area contributed by atoms with E-state index in [-0.39, 0.29) is 23.9 Å². The molecule has 0 radical (unpaired) electrons. The summed E-state index contributed by atoms with van der Waals surface area (Å²) in [6.45, 7) is 0. The van der Waals surface area contributed by atoms with Gasteiger partial charge in [0.25, 0.3) is 0 Å². The number of phenols is 1. The van der Waals surface area contributed by atoms with Crippen LogP contribution in [0.15, 0.2) is 36.4 Å². The first-order chi connectivity index (χ1) is 11.7. The number of carbonyl (C=O) groups is 1. The highest BCUT2D eigenvalue weighted by atomic mass is 16.5. The number of carbonyl (C=O) groups excluding carboxylic acids is 1.